The normalized spacial score (nSPS) is 15.8. The largest absolute Gasteiger partial charge is 0.372 e. The van der Waals surface area contributed by atoms with Crippen LogP contribution in [-0.4, -0.2) is 19.0 Å². The number of nitrogens with zero attached hydrogens (tertiary/aromatic N) is 1. The fourth-order valence-electron chi connectivity index (χ4n) is 3.19. The molecule has 24 heavy (non-hydrogen) atoms. The number of piperidine rings is 1. The highest BCUT2D eigenvalue weighted by Gasteiger charge is 2.14. The van der Waals surface area contributed by atoms with E-state index >= 15 is 0 Å². The minimum absolute atomic E-state index is 0.000119. The molecule has 126 valence electrons. The molecule has 2 aromatic rings. The minimum atomic E-state index is -0.0201. The summed E-state index contributed by atoms with van der Waals surface area (Å²) in [6, 6.07) is 16.3. The fraction of sp³-hybridized carbons (Fsp3) is 0.381. The van der Waals surface area contributed by atoms with Crippen molar-refractivity contribution in [1.82, 2.24) is 5.32 Å². The van der Waals surface area contributed by atoms with Crippen molar-refractivity contribution < 1.29 is 4.79 Å². The highest BCUT2D eigenvalue weighted by molar-refractivity contribution is 5.94. The van der Waals surface area contributed by atoms with Gasteiger partial charge in [0.15, 0.2) is 0 Å². The van der Waals surface area contributed by atoms with E-state index in [9.17, 15) is 4.79 Å². The average Bonchev–Trinajstić information content (AvgIpc) is 2.63. The Balaban J connectivity index is 1.63. The molecule has 0 bridgehead atoms. The number of benzene rings is 2. The molecule has 0 aliphatic carbocycles. The molecule has 3 rings (SSSR count). The van der Waals surface area contributed by atoms with Crippen molar-refractivity contribution in [3.8, 4) is 0 Å². The molecule has 1 saturated heterocycles. The van der Waals surface area contributed by atoms with Crippen LogP contribution in [0, 0.1) is 6.92 Å². The van der Waals surface area contributed by atoms with Gasteiger partial charge in [-0.3, -0.25) is 4.79 Å². The van der Waals surface area contributed by atoms with Gasteiger partial charge in [0, 0.05) is 24.3 Å². The van der Waals surface area contributed by atoms with Gasteiger partial charge in [-0.2, -0.15) is 0 Å². The van der Waals surface area contributed by atoms with Gasteiger partial charge in [0.25, 0.3) is 5.91 Å². The van der Waals surface area contributed by atoms with Gasteiger partial charge < -0.3 is 10.2 Å². The van der Waals surface area contributed by atoms with Crippen molar-refractivity contribution >= 4 is 11.6 Å². The van der Waals surface area contributed by atoms with Gasteiger partial charge in [0.1, 0.15) is 0 Å². The second kappa shape index (κ2) is 7.52. The standard InChI is InChI=1S/C21H26N2O/c1-16-6-8-18(9-7-16)17(2)22-21(24)19-10-12-20(13-11-19)23-14-4-3-5-15-23/h6-13,17H,3-5,14-15H2,1-2H3,(H,22,24)/t17-/m1/s1. The number of carbonyl (C=O) groups excluding carboxylic acids is 1. The molecule has 0 aromatic heterocycles. The number of aryl methyl sites for hydroxylation is 1. The van der Waals surface area contributed by atoms with Crippen molar-refractivity contribution in [2.45, 2.75) is 39.2 Å². The Hall–Kier alpha value is -2.29. The van der Waals surface area contributed by atoms with Crippen molar-refractivity contribution in [2.75, 3.05) is 18.0 Å². The maximum Gasteiger partial charge on any atom is 0.251 e. The Morgan fingerprint density at radius 3 is 2.21 bits per heavy atom. The lowest BCUT2D eigenvalue weighted by Gasteiger charge is -2.28. The summed E-state index contributed by atoms with van der Waals surface area (Å²) in [5.74, 6) is -0.0201. The summed E-state index contributed by atoms with van der Waals surface area (Å²) in [7, 11) is 0. The molecule has 1 atom stereocenters. The minimum Gasteiger partial charge on any atom is -0.372 e. The topological polar surface area (TPSA) is 32.3 Å². The molecule has 1 amide bonds. The van der Waals surface area contributed by atoms with Gasteiger partial charge in [-0.15, -0.1) is 0 Å². The lowest BCUT2D eigenvalue weighted by molar-refractivity contribution is 0.0940. The molecule has 0 spiro atoms. The van der Waals surface area contributed by atoms with Crippen LogP contribution in [0.5, 0.6) is 0 Å². The first-order valence-electron chi connectivity index (χ1n) is 8.86. The van der Waals surface area contributed by atoms with Gasteiger partial charge in [-0.25, -0.2) is 0 Å². The molecule has 0 saturated carbocycles. The van der Waals surface area contributed by atoms with Crippen LogP contribution in [0.3, 0.4) is 0 Å². The van der Waals surface area contributed by atoms with E-state index in [-0.39, 0.29) is 11.9 Å². The number of hydrogen-bond donors (Lipinski definition) is 1. The monoisotopic (exact) mass is 322 g/mol. The van der Waals surface area contributed by atoms with Crippen LogP contribution in [0.15, 0.2) is 48.5 Å². The summed E-state index contributed by atoms with van der Waals surface area (Å²) in [6.07, 6.45) is 3.85. The smallest absolute Gasteiger partial charge is 0.251 e. The molecule has 1 aliphatic heterocycles. The van der Waals surface area contributed by atoms with Crippen LogP contribution in [0.4, 0.5) is 5.69 Å². The van der Waals surface area contributed by atoms with Crippen molar-refractivity contribution in [3.05, 3.63) is 65.2 Å². The molecule has 3 nitrogen and oxygen atoms in total. The summed E-state index contributed by atoms with van der Waals surface area (Å²) < 4.78 is 0. The number of nitrogens with one attached hydrogen (secondary N) is 1. The third-order valence-electron chi connectivity index (χ3n) is 4.78. The lowest BCUT2D eigenvalue weighted by Crippen LogP contribution is -2.29. The first-order chi connectivity index (χ1) is 11.6. The molecule has 3 heteroatoms. The zero-order chi connectivity index (χ0) is 16.9. The Morgan fingerprint density at radius 2 is 1.58 bits per heavy atom. The first kappa shape index (κ1) is 16.6. The summed E-state index contributed by atoms with van der Waals surface area (Å²) in [6.45, 7) is 6.33. The second-order valence-corrected chi connectivity index (χ2v) is 6.70. The molecule has 1 fully saturated rings. The van der Waals surface area contributed by atoms with E-state index < -0.39 is 0 Å². The molecule has 0 unspecified atom stereocenters. The third kappa shape index (κ3) is 3.97. The summed E-state index contributed by atoms with van der Waals surface area (Å²) >= 11 is 0. The zero-order valence-corrected chi connectivity index (χ0v) is 14.6. The van der Waals surface area contributed by atoms with Crippen molar-refractivity contribution in [1.29, 1.82) is 0 Å². The highest BCUT2D eigenvalue weighted by Crippen LogP contribution is 2.21. The Kier molecular flexibility index (Phi) is 5.19. The Morgan fingerprint density at radius 1 is 0.958 bits per heavy atom. The average molecular weight is 322 g/mol. The zero-order valence-electron chi connectivity index (χ0n) is 14.6. The second-order valence-electron chi connectivity index (χ2n) is 6.70. The molecule has 0 radical (unpaired) electrons. The van der Waals surface area contributed by atoms with Crippen LogP contribution < -0.4 is 10.2 Å². The van der Waals surface area contributed by atoms with E-state index in [1.54, 1.807) is 0 Å². The van der Waals surface area contributed by atoms with Gasteiger partial charge >= 0.3 is 0 Å². The third-order valence-corrected chi connectivity index (χ3v) is 4.78. The van der Waals surface area contributed by atoms with E-state index in [2.05, 4.69) is 53.5 Å². The van der Waals surface area contributed by atoms with Crippen molar-refractivity contribution in [3.63, 3.8) is 0 Å². The van der Waals surface area contributed by atoms with Gasteiger partial charge in [-0.1, -0.05) is 29.8 Å². The quantitative estimate of drug-likeness (QED) is 0.900. The molecule has 1 heterocycles. The number of rotatable bonds is 4. The highest BCUT2D eigenvalue weighted by atomic mass is 16.1. The van der Waals surface area contributed by atoms with Gasteiger partial charge in [0.05, 0.1) is 6.04 Å². The number of hydrogen-bond acceptors (Lipinski definition) is 2. The van der Waals surface area contributed by atoms with E-state index in [1.165, 1.54) is 30.5 Å². The fourth-order valence-corrected chi connectivity index (χ4v) is 3.19. The lowest BCUT2D eigenvalue weighted by atomic mass is 10.1. The molecular weight excluding hydrogens is 296 g/mol. The molecule has 1 aliphatic rings. The summed E-state index contributed by atoms with van der Waals surface area (Å²) in [4.78, 5) is 14.9. The SMILES string of the molecule is Cc1ccc([C@@H](C)NC(=O)c2ccc(N3CCCCC3)cc2)cc1. The van der Waals surface area contributed by atoms with E-state index in [0.29, 0.717) is 0 Å². The van der Waals surface area contributed by atoms with Crippen LogP contribution in [0.25, 0.3) is 0 Å². The van der Waals surface area contributed by atoms with E-state index in [0.717, 1.165) is 24.2 Å². The first-order valence-corrected chi connectivity index (χ1v) is 8.86. The van der Waals surface area contributed by atoms with E-state index in [1.807, 2.05) is 19.1 Å². The van der Waals surface area contributed by atoms with Crippen LogP contribution in [0.1, 0.15) is 53.7 Å². The number of anilines is 1. The predicted molar refractivity (Wildman–Crippen MR) is 99.6 cm³/mol. The van der Waals surface area contributed by atoms with E-state index in [4.69, 9.17) is 0 Å². The van der Waals surface area contributed by atoms with Crippen LogP contribution >= 0.6 is 0 Å². The Labute approximate surface area is 144 Å². The van der Waals surface area contributed by atoms with Gasteiger partial charge in [0.2, 0.25) is 0 Å². The number of carbonyl (C=O) groups is 1. The Bertz CT molecular complexity index is 670. The van der Waals surface area contributed by atoms with Crippen molar-refractivity contribution in [2.24, 2.45) is 0 Å². The maximum atomic E-state index is 12.5. The number of amides is 1. The molecular formula is C21H26N2O. The predicted octanol–water partition coefficient (Wildman–Crippen LogP) is 4.48. The summed E-state index contributed by atoms with van der Waals surface area (Å²) in [5, 5.41) is 3.08. The molecule has 1 N–H and O–H groups in total. The maximum absolute atomic E-state index is 12.5. The summed E-state index contributed by atoms with van der Waals surface area (Å²) in [5.41, 5.74) is 4.29. The van der Waals surface area contributed by atoms with Crippen LogP contribution in [-0.2, 0) is 0 Å². The molecule has 2 aromatic carbocycles. The van der Waals surface area contributed by atoms with Crippen LogP contribution in [0.2, 0.25) is 0 Å². The van der Waals surface area contributed by atoms with Gasteiger partial charge in [-0.05, 0) is 62.9 Å².